The maximum Gasteiger partial charge on any atom is 0.416 e. The summed E-state index contributed by atoms with van der Waals surface area (Å²) >= 11 is 0. The van der Waals surface area contributed by atoms with Crippen molar-refractivity contribution in [3.63, 3.8) is 0 Å². The Hall–Kier alpha value is -3.94. The van der Waals surface area contributed by atoms with E-state index < -0.39 is 21.8 Å². The van der Waals surface area contributed by atoms with Gasteiger partial charge in [0.1, 0.15) is 16.4 Å². The average molecular weight is 574 g/mol. The molecule has 9 nitrogen and oxygen atoms in total. The highest BCUT2D eigenvalue weighted by Gasteiger charge is 2.35. The molecular formula is C27H26F3N5O4S. The van der Waals surface area contributed by atoms with Gasteiger partial charge in [0.15, 0.2) is 0 Å². The Balaban J connectivity index is 1.50. The number of para-hydroxylation sites is 1. The Labute approximate surface area is 229 Å². The molecule has 0 saturated heterocycles. The molecule has 1 aliphatic heterocycles. The highest BCUT2D eigenvalue weighted by molar-refractivity contribution is 7.89. The number of ether oxygens (including phenoxy) is 1. The second-order valence-corrected chi connectivity index (χ2v) is 11.2. The van der Waals surface area contributed by atoms with E-state index >= 15 is 0 Å². The van der Waals surface area contributed by atoms with Crippen LogP contribution in [-0.2, 0) is 35.8 Å². The number of fused-ring (bicyclic) bond motifs is 2. The van der Waals surface area contributed by atoms with Gasteiger partial charge in [-0.2, -0.15) is 17.5 Å². The molecule has 1 aliphatic rings. The van der Waals surface area contributed by atoms with E-state index in [4.69, 9.17) is 4.74 Å². The van der Waals surface area contributed by atoms with Crippen molar-refractivity contribution >= 4 is 15.7 Å². The molecule has 0 aliphatic carbocycles. The van der Waals surface area contributed by atoms with Crippen molar-refractivity contribution in [3.8, 4) is 11.5 Å². The van der Waals surface area contributed by atoms with Crippen molar-refractivity contribution in [1.29, 1.82) is 0 Å². The molecule has 40 heavy (non-hydrogen) atoms. The third-order valence-electron chi connectivity index (χ3n) is 6.47. The molecule has 2 heterocycles. The molecule has 0 unspecified atom stereocenters. The zero-order chi connectivity index (χ0) is 28.5. The predicted octanol–water partition coefficient (Wildman–Crippen LogP) is 4.27. The fourth-order valence-electron chi connectivity index (χ4n) is 4.51. The molecule has 13 heteroatoms. The van der Waals surface area contributed by atoms with Gasteiger partial charge in [-0.15, -0.1) is 5.10 Å². The fourth-order valence-corrected chi connectivity index (χ4v) is 6.24. The molecule has 0 radical (unpaired) electrons. The Morgan fingerprint density at radius 2 is 1.77 bits per heavy atom. The van der Waals surface area contributed by atoms with Gasteiger partial charge in [-0.1, -0.05) is 41.6 Å². The van der Waals surface area contributed by atoms with Gasteiger partial charge < -0.3 is 14.7 Å². The summed E-state index contributed by atoms with van der Waals surface area (Å²) in [5, 5.41) is 17.6. The van der Waals surface area contributed by atoms with Crippen molar-refractivity contribution in [2.24, 2.45) is 0 Å². The Bertz CT molecular complexity index is 1620. The van der Waals surface area contributed by atoms with E-state index in [0.29, 0.717) is 28.3 Å². The number of aliphatic hydroxyl groups is 1. The first-order chi connectivity index (χ1) is 19.1. The van der Waals surface area contributed by atoms with Crippen LogP contribution in [0.5, 0.6) is 11.5 Å². The van der Waals surface area contributed by atoms with Crippen LogP contribution in [-0.4, -0.2) is 53.0 Å². The minimum Gasteiger partial charge on any atom is -0.456 e. The Morgan fingerprint density at radius 3 is 2.55 bits per heavy atom. The van der Waals surface area contributed by atoms with Crippen molar-refractivity contribution in [1.82, 2.24) is 19.3 Å². The van der Waals surface area contributed by atoms with Crippen molar-refractivity contribution in [2.75, 3.05) is 25.1 Å². The van der Waals surface area contributed by atoms with Crippen LogP contribution in [0.1, 0.15) is 22.4 Å². The predicted molar refractivity (Wildman–Crippen MR) is 140 cm³/mol. The van der Waals surface area contributed by atoms with Crippen molar-refractivity contribution in [2.45, 2.75) is 30.7 Å². The van der Waals surface area contributed by atoms with E-state index in [1.807, 2.05) is 0 Å². The highest BCUT2D eigenvalue weighted by Crippen LogP contribution is 2.42. The zero-order valence-corrected chi connectivity index (χ0v) is 22.2. The van der Waals surface area contributed by atoms with Crippen molar-refractivity contribution < 1.29 is 31.4 Å². The van der Waals surface area contributed by atoms with E-state index in [0.717, 1.165) is 12.1 Å². The van der Waals surface area contributed by atoms with Gasteiger partial charge in [0, 0.05) is 25.7 Å². The molecule has 0 fully saturated rings. The number of sulfonamides is 1. The number of hydrogen-bond acceptors (Lipinski definition) is 7. The van der Waals surface area contributed by atoms with Gasteiger partial charge in [0.25, 0.3) is 0 Å². The summed E-state index contributed by atoms with van der Waals surface area (Å²) in [4.78, 5) is 1.59. The first kappa shape index (κ1) is 27.6. The minimum atomic E-state index is -4.47. The molecular weight excluding hydrogens is 547 g/mol. The van der Waals surface area contributed by atoms with Crippen LogP contribution in [0.25, 0.3) is 0 Å². The van der Waals surface area contributed by atoms with Crippen LogP contribution in [0.2, 0.25) is 0 Å². The molecule has 0 atom stereocenters. The van der Waals surface area contributed by atoms with Crippen molar-refractivity contribution in [3.05, 3.63) is 95.3 Å². The van der Waals surface area contributed by atoms with Crippen LogP contribution in [0.3, 0.4) is 0 Å². The van der Waals surface area contributed by atoms with E-state index in [1.54, 1.807) is 60.5 Å². The molecule has 3 aromatic carbocycles. The van der Waals surface area contributed by atoms with Gasteiger partial charge in [0.2, 0.25) is 10.0 Å². The number of benzene rings is 3. The second-order valence-electron chi connectivity index (χ2n) is 9.34. The quantitative estimate of drug-likeness (QED) is 0.353. The summed E-state index contributed by atoms with van der Waals surface area (Å²) in [5.41, 5.74) is 0.934. The lowest BCUT2D eigenvalue weighted by Gasteiger charge is -2.30. The lowest BCUT2D eigenvalue weighted by molar-refractivity contribution is -0.137. The molecule has 0 saturated carbocycles. The van der Waals surface area contributed by atoms with Gasteiger partial charge in [0.05, 0.1) is 42.8 Å². The van der Waals surface area contributed by atoms with Gasteiger partial charge >= 0.3 is 6.18 Å². The van der Waals surface area contributed by atoms with Crippen LogP contribution in [0, 0.1) is 0 Å². The number of nitrogens with zero attached hydrogens (tertiary/aromatic N) is 5. The van der Waals surface area contributed by atoms with Crippen LogP contribution < -0.4 is 9.64 Å². The summed E-state index contributed by atoms with van der Waals surface area (Å²) in [6.45, 7) is -0.110. The zero-order valence-electron chi connectivity index (χ0n) is 21.4. The molecule has 0 spiro atoms. The third-order valence-corrected chi connectivity index (χ3v) is 8.33. The summed E-state index contributed by atoms with van der Waals surface area (Å²) in [6, 6.07) is 16.9. The summed E-state index contributed by atoms with van der Waals surface area (Å²) < 4.78 is 76.4. The second kappa shape index (κ2) is 10.9. The largest absolute Gasteiger partial charge is 0.456 e. The summed E-state index contributed by atoms with van der Waals surface area (Å²) in [5.74, 6) is 0.645. The first-order valence-electron chi connectivity index (χ1n) is 12.3. The topological polar surface area (TPSA) is 101 Å². The van der Waals surface area contributed by atoms with Crippen LogP contribution in [0.4, 0.5) is 18.9 Å². The standard InChI is InChI=1S/C27H26F3N5O4S/c1-33(12-13-36)23-9-5-11-25-26(23)40(37,38)35(16-20-7-2-3-10-24(20)39-25)18-22-17-34(32-31-22)15-19-6-4-8-21(14-19)27(28,29)30/h2-11,14,17,36H,12-13,15-16,18H2,1H3. The molecule has 0 bridgehead atoms. The maximum atomic E-state index is 14.1. The van der Waals surface area contributed by atoms with E-state index in [2.05, 4.69) is 10.3 Å². The molecule has 5 rings (SSSR count). The molecule has 4 aromatic rings. The maximum absolute atomic E-state index is 14.1. The fraction of sp³-hybridized carbons (Fsp3) is 0.259. The number of likely N-dealkylation sites (N-methyl/N-ethyl adjacent to an activating group) is 1. The molecule has 0 amide bonds. The number of halogens is 3. The highest BCUT2D eigenvalue weighted by atomic mass is 32.2. The lowest BCUT2D eigenvalue weighted by atomic mass is 10.1. The van der Waals surface area contributed by atoms with Crippen LogP contribution >= 0.6 is 0 Å². The smallest absolute Gasteiger partial charge is 0.416 e. The summed E-state index contributed by atoms with van der Waals surface area (Å²) in [7, 11) is -2.49. The number of rotatable bonds is 7. The number of aromatic nitrogens is 3. The average Bonchev–Trinajstić information content (AvgIpc) is 3.35. The normalized spacial score (nSPS) is 14.9. The lowest BCUT2D eigenvalue weighted by Crippen LogP contribution is -2.33. The number of alkyl halides is 3. The summed E-state index contributed by atoms with van der Waals surface area (Å²) in [6.07, 6.45) is -2.95. The number of anilines is 1. The van der Waals surface area contributed by atoms with Gasteiger partial charge in [-0.3, -0.25) is 0 Å². The van der Waals surface area contributed by atoms with Gasteiger partial charge in [-0.25, -0.2) is 13.1 Å². The van der Waals surface area contributed by atoms with E-state index in [9.17, 15) is 26.7 Å². The Kier molecular flexibility index (Phi) is 7.53. The molecule has 1 N–H and O–H groups in total. The van der Waals surface area contributed by atoms with Crippen LogP contribution in [0.15, 0.2) is 77.8 Å². The minimum absolute atomic E-state index is 0.0174. The monoisotopic (exact) mass is 573 g/mol. The molecule has 1 aromatic heterocycles. The van der Waals surface area contributed by atoms with E-state index in [1.165, 1.54) is 21.3 Å². The molecule has 210 valence electrons. The number of aliphatic hydroxyl groups excluding tert-OH is 1. The first-order valence-corrected chi connectivity index (χ1v) is 13.8. The Morgan fingerprint density at radius 1 is 1.02 bits per heavy atom. The van der Waals surface area contributed by atoms with E-state index in [-0.39, 0.29) is 43.4 Å². The van der Waals surface area contributed by atoms with Gasteiger partial charge in [-0.05, 0) is 35.9 Å². The SMILES string of the molecule is CN(CCO)c1cccc2c1S(=O)(=O)N(Cc1cn(Cc3cccc(C(F)(F)F)c3)nn1)Cc1ccccc1O2. The number of hydrogen-bond donors (Lipinski definition) is 1. The third kappa shape index (κ3) is 5.67.